The summed E-state index contributed by atoms with van der Waals surface area (Å²) in [5, 5.41) is 17.1. The maximum absolute atomic E-state index is 11.3. The van der Waals surface area contributed by atoms with Gasteiger partial charge in [0.2, 0.25) is 0 Å². The lowest BCUT2D eigenvalue weighted by molar-refractivity contribution is 0.0689. The fourth-order valence-corrected chi connectivity index (χ4v) is 2.19. The Labute approximate surface area is 118 Å². The maximum atomic E-state index is 11.3. The van der Waals surface area contributed by atoms with Crippen LogP contribution in [0.1, 0.15) is 53.6 Å². The summed E-state index contributed by atoms with van der Waals surface area (Å²) in [7, 11) is 0. The van der Waals surface area contributed by atoms with E-state index in [-0.39, 0.29) is 11.7 Å². The number of benzene rings is 1. The molecule has 0 aliphatic heterocycles. The number of aryl methyl sites for hydroxylation is 1. The lowest BCUT2D eigenvalue weighted by atomic mass is 10.1. The molecule has 5 heteroatoms. The van der Waals surface area contributed by atoms with E-state index in [2.05, 4.69) is 16.4 Å². The van der Waals surface area contributed by atoms with Crippen LogP contribution in [0.4, 0.5) is 0 Å². The fraction of sp³-hybridized carbons (Fsp3) is 0.400. The monoisotopic (exact) mass is 273 g/mol. The summed E-state index contributed by atoms with van der Waals surface area (Å²) < 4.78 is 1.73. The van der Waals surface area contributed by atoms with Crippen LogP contribution in [0.15, 0.2) is 24.3 Å². The van der Waals surface area contributed by atoms with Crippen LogP contribution in [0.3, 0.4) is 0 Å². The minimum atomic E-state index is -1.03. The molecule has 0 spiro atoms. The topological polar surface area (TPSA) is 68.0 Å². The van der Waals surface area contributed by atoms with Gasteiger partial charge in [-0.2, -0.15) is 0 Å². The zero-order valence-electron chi connectivity index (χ0n) is 12.0. The molecule has 1 unspecified atom stereocenters. The van der Waals surface area contributed by atoms with E-state index in [1.807, 2.05) is 39.0 Å². The molecule has 0 aliphatic carbocycles. The standard InChI is InChI=1S/C15H19N3O2/c1-4-11(3)18-13(14(15(19)20)16-17-18)9-12-7-5-6-10(2)8-12/h5-8,11H,4,9H2,1-3H3,(H,19,20). The van der Waals surface area contributed by atoms with Gasteiger partial charge >= 0.3 is 5.97 Å². The number of carboxylic acid groups (broad SMARTS) is 1. The smallest absolute Gasteiger partial charge is 0.358 e. The largest absolute Gasteiger partial charge is 0.476 e. The molecule has 1 heterocycles. The number of hydrogen-bond donors (Lipinski definition) is 1. The predicted octanol–water partition coefficient (Wildman–Crippen LogP) is 2.85. The van der Waals surface area contributed by atoms with Crippen LogP contribution in [-0.2, 0) is 6.42 Å². The summed E-state index contributed by atoms with van der Waals surface area (Å²) >= 11 is 0. The first kappa shape index (κ1) is 14.2. The molecule has 5 nitrogen and oxygen atoms in total. The van der Waals surface area contributed by atoms with Crippen molar-refractivity contribution in [1.82, 2.24) is 15.0 Å². The third kappa shape index (κ3) is 2.87. The predicted molar refractivity (Wildman–Crippen MR) is 76.0 cm³/mol. The summed E-state index contributed by atoms with van der Waals surface area (Å²) in [6, 6.07) is 8.18. The molecule has 0 aliphatic rings. The van der Waals surface area contributed by atoms with Crippen LogP contribution in [0.25, 0.3) is 0 Å². The van der Waals surface area contributed by atoms with E-state index in [0.29, 0.717) is 12.1 Å². The third-order valence-corrected chi connectivity index (χ3v) is 3.46. The number of rotatable bonds is 5. The molecule has 106 valence electrons. The van der Waals surface area contributed by atoms with E-state index in [4.69, 9.17) is 0 Å². The number of carbonyl (C=O) groups is 1. The molecule has 0 fully saturated rings. The van der Waals surface area contributed by atoms with Gasteiger partial charge in [0.05, 0.1) is 11.7 Å². The molecule has 0 radical (unpaired) electrons. The van der Waals surface area contributed by atoms with Crippen molar-refractivity contribution in [2.45, 2.75) is 39.7 Å². The van der Waals surface area contributed by atoms with Crippen molar-refractivity contribution in [3.05, 3.63) is 46.8 Å². The Balaban J connectivity index is 2.42. The van der Waals surface area contributed by atoms with Gasteiger partial charge in [-0.3, -0.25) is 0 Å². The highest BCUT2D eigenvalue weighted by atomic mass is 16.4. The summed E-state index contributed by atoms with van der Waals surface area (Å²) in [6.45, 7) is 6.08. The molecule has 2 aromatic rings. The summed E-state index contributed by atoms with van der Waals surface area (Å²) in [6.07, 6.45) is 1.41. The summed E-state index contributed by atoms with van der Waals surface area (Å²) in [5.41, 5.74) is 2.94. The zero-order valence-corrected chi connectivity index (χ0v) is 12.0. The summed E-state index contributed by atoms with van der Waals surface area (Å²) in [5.74, 6) is -1.03. The van der Waals surface area contributed by atoms with E-state index in [0.717, 1.165) is 17.5 Å². The number of carboxylic acids is 1. The molecule has 2 rings (SSSR count). The van der Waals surface area contributed by atoms with Gasteiger partial charge in [0, 0.05) is 6.42 Å². The van der Waals surface area contributed by atoms with Crippen molar-refractivity contribution in [2.75, 3.05) is 0 Å². The number of aromatic nitrogens is 3. The first-order chi connectivity index (χ1) is 9.52. The van der Waals surface area contributed by atoms with Crippen molar-refractivity contribution >= 4 is 5.97 Å². The van der Waals surface area contributed by atoms with Gasteiger partial charge in [-0.1, -0.05) is 42.0 Å². The second kappa shape index (κ2) is 5.86. The third-order valence-electron chi connectivity index (χ3n) is 3.46. The molecule has 0 saturated heterocycles. The van der Waals surface area contributed by atoms with Gasteiger partial charge in [0.1, 0.15) is 0 Å². The molecule has 20 heavy (non-hydrogen) atoms. The van der Waals surface area contributed by atoms with E-state index in [1.54, 1.807) is 4.68 Å². The Morgan fingerprint density at radius 3 is 2.80 bits per heavy atom. The highest BCUT2D eigenvalue weighted by Gasteiger charge is 2.21. The molecular formula is C15H19N3O2. The van der Waals surface area contributed by atoms with E-state index >= 15 is 0 Å². The minimum absolute atomic E-state index is 0.0480. The number of aromatic carboxylic acids is 1. The van der Waals surface area contributed by atoms with Gasteiger partial charge in [-0.25, -0.2) is 9.48 Å². The van der Waals surface area contributed by atoms with Crippen LogP contribution in [0.5, 0.6) is 0 Å². The Bertz CT molecular complexity index is 619. The van der Waals surface area contributed by atoms with Crippen molar-refractivity contribution < 1.29 is 9.90 Å². The molecule has 0 bridgehead atoms. The van der Waals surface area contributed by atoms with Crippen molar-refractivity contribution in [2.24, 2.45) is 0 Å². The quantitative estimate of drug-likeness (QED) is 0.909. The molecule has 0 amide bonds. The van der Waals surface area contributed by atoms with Gasteiger partial charge in [-0.05, 0) is 25.8 Å². The Morgan fingerprint density at radius 1 is 1.45 bits per heavy atom. The number of hydrogen-bond acceptors (Lipinski definition) is 3. The van der Waals surface area contributed by atoms with Crippen LogP contribution < -0.4 is 0 Å². The zero-order chi connectivity index (χ0) is 14.7. The van der Waals surface area contributed by atoms with Crippen molar-refractivity contribution in [3.8, 4) is 0 Å². The molecule has 1 aromatic carbocycles. The average molecular weight is 273 g/mol. The normalized spacial score (nSPS) is 12.3. The van der Waals surface area contributed by atoms with E-state index in [9.17, 15) is 9.90 Å². The Morgan fingerprint density at radius 2 is 2.20 bits per heavy atom. The van der Waals surface area contributed by atoms with E-state index < -0.39 is 5.97 Å². The van der Waals surface area contributed by atoms with Gasteiger partial charge in [-0.15, -0.1) is 5.10 Å². The maximum Gasteiger partial charge on any atom is 0.358 e. The first-order valence-corrected chi connectivity index (χ1v) is 6.75. The SMILES string of the molecule is CCC(C)n1nnc(C(=O)O)c1Cc1cccc(C)c1. The van der Waals surface area contributed by atoms with Crippen LogP contribution >= 0.6 is 0 Å². The second-order valence-electron chi connectivity index (χ2n) is 5.06. The van der Waals surface area contributed by atoms with Crippen LogP contribution in [0, 0.1) is 6.92 Å². The minimum Gasteiger partial charge on any atom is -0.476 e. The van der Waals surface area contributed by atoms with Gasteiger partial charge < -0.3 is 5.11 Å². The molecule has 0 saturated carbocycles. The second-order valence-corrected chi connectivity index (χ2v) is 5.06. The number of nitrogens with zero attached hydrogens (tertiary/aromatic N) is 3. The van der Waals surface area contributed by atoms with Gasteiger partial charge in [0.15, 0.2) is 5.69 Å². The van der Waals surface area contributed by atoms with Crippen LogP contribution in [0.2, 0.25) is 0 Å². The van der Waals surface area contributed by atoms with Crippen LogP contribution in [-0.4, -0.2) is 26.1 Å². The van der Waals surface area contributed by atoms with Crippen molar-refractivity contribution in [3.63, 3.8) is 0 Å². The lowest BCUT2D eigenvalue weighted by Gasteiger charge is -2.13. The molecular weight excluding hydrogens is 254 g/mol. The molecule has 1 atom stereocenters. The average Bonchev–Trinajstić information content (AvgIpc) is 2.81. The molecule has 1 N–H and O–H groups in total. The highest BCUT2D eigenvalue weighted by molar-refractivity contribution is 5.86. The summed E-state index contributed by atoms with van der Waals surface area (Å²) in [4.78, 5) is 11.3. The Hall–Kier alpha value is -2.17. The Kier molecular flexibility index (Phi) is 4.17. The van der Waals surface area contributed by atoms with E-state index in [1.165, 1.54) is 0 Å². The fourth-order valence-electron chi connectivity index (χ4n) is 2.19. The highest BCUT2D eigenvalue weighted by Crippen LogP contribution is 2.19. The van der Waals surface area contributed by atoms with Crippen molar-refractivity contribution in [1.29, 1.82) is 0 Å². The van der Waals surface area contributed by atoms with Gasteiger partial charge in [0.25, 0.3) is 0 Å². The lowest BCUT2D eigenvalue weighted by Crippen LogP contribution is -2.12. The first-order valence-electron chi connectivity index (χ1n) is 6.75. The molecule has 1 aromatic heterocycles.